The van der Waals surface area contributed by atoms with Gasteiger partial charge in [0.2, 0.25) is 0 Å². The third-order valence-electron chi connectivity index (χ3n) is 3.06. The van der Waals surface area contributed by atoms with Crippen molar-refractivity contribution in [2.24, 2.45) is 4.99 Å². The normalized spacial score (nSPS) is 12.5. The van der Waals surface area contributed by atoms with E-state index in [9.17, 15) is 20.3 Å². The number of hydrogen-bond donors (Lipinski definition) is 2. The Morgan fingerprint density at radius 3 is 2.52 bits per heavy atom. The van der Waals surface area contributed by atoms with Crippen molar-refractivity contribution in [1.29, 1.82) is 0 Å². The van der Waals surface area contributed by atoms with Gasteiger partial charge in [0.25, 0.3) is 5.69 Å². The summed E-state index contributed by atoms with van der Waals surface area (Å²) < 4.78 is 0. The summed E-state index contributed by atoms with van der Waals surface area (Å²) >= 11 is 11.6. The summed E-state index contributed by atoms with van der Waals surface area (Å²) in [7, 11) is 0. The Kier molecular flexibility index (Phi) is 5.54. The van der Waals surface area contributed by atoms with Crippen LogP contribution in [0.4, 0.5) is 5.69 Å². The second kappa shape index (κ2) is 7.41. The third-order valence-corrected chi connectivity index (χ3v) is 3.56. The Hall–Kier alpha value is -2.15. The first-order valence-corrected chi connectivity index (χ1v) is 7.24. The van der Waals surface area contributed by atoms with Crippen molar-refractivity contribution in [1.82, 2.24) is 0 Å². The van der Waals surface area contributed by atoms with Gasteiger partial charge in [-0.2, -0.15) is 0 Å². The van der Waals surface area contributed by atoms with Crippen molar-refractivity contribution in [3.8, 4) is 5.75 Å². The lowest BCUT2D eigenvalue weighted by atomic mass is 10.1. The molecule has 0 radical (unpaired) electrons. The van der Waals surface area contributed by atoms with E-state index in [2.05, 4.69) is 4.99 Å². The zero-order valence-electron chi connectivity index (χ0n) is 11.7. The van der Waals surface area contributed by atoms with Crippen LogP contribution in [0.5, 0.6) is 5.75 Å². The predicted octanol–water partition coefficient (Wildman–Crippen LogP) is 3.76. The maximum absolute atomic E-state index is 10.6. The van der Waals surface area contributed by atoms with Gasteiger partial charge in [0.05, 0.1) is 22.6 Å². The maximum atomic E-state index is 10.6. The van der Waals surface area contributed by atoms with Gasteiger partial charge >= 0.3 is 0 Å². The number of aliphatic imine (C=N–C) groups is 1. The second-order valence-corrected chi connectivity index (χ2v) is 5.53. The molecule has 0 amide bonds. The van der Waals surface area contributed by atoms with E-state index in [1.807, 2.05) is 0 Å². The molecule has 120 valence electrons. The summed E-state index contributed by atoms with van der Waals surface area (Å²) in [4.78, 5) is 14.1. The van der Waals surface area contributed by atoms with E-state index in [0.29, 0.717) is 16.1 Å². The fraction of sp³-hybridized carbons (Fsp3) is 0.133. The third kappa shape index (κ3) is 4.41. The highest BCUT2D eigenvalue weighted by molar-refractivity contribution is 6.36. The Morgan fingerprint density at radius 2 is 1.91 bits per heavy atom. The number of aliphatic hydroxyl groups is 1. The van der Waals surface area contributed by atoms with Crippen LogP contribution in [0.15, 0.2) is 41.4 Å². The molecule has 0 heterocycles. The zero-order valence-corrected chi connectivity index (χ0v) is 13.2. The van der Waals surface area contributed by atoms with Gasteiger partial charge in [-0.1, -0.05) is 23.2 Å². The van der Waals surface area contributed by atoms with Crippen LogP contribution in [0.2, 0.25) is 10.0 Å². The minimum atomic E-state index is -0.927. The first-order chi connectivity index (χ1) is 10.9. The Morgan fingerprint density at radius 1 is 1.26 bits per heavy atom. The Bertz CT molecular complexity index is 748. The van der Waals surface area contributed by atoms with E-state index in [4.69, 9.17) is 23.2 Å². The molecular formula is C15H12Cl2N2O4. The lowest BCUT2D eigenvalue weighted by Crippen LogP contribution is -2.02. The van der Waals surface area contributed by atoms with Crippen LogP contribution in [-0.4, -0.2) is 27.9 Å². The summed E-state index contributed by atoms with van der Waals surface area (Å²) in [6, 6.07) is 8.44. The van der Waals surface area contributed by atoms with Crippen LogP contribution in [-0.2, 0) is 0 Å². The van der Waals surface area contributed by atoms with Crippen LogP contribution in [0.25, 0.3) is 0 Å². The molecular weight excluding hydrogens is 343 g/mol. The molecule has 2 aromatic rings. The molecule has 8 heteroatoms. The van der Waals surface area contributed by atoms with Gasteiger partial charge in [0, 0.05) is 28.9 Å². The number of phenolic OH excluding ortho intramolecular Hbond substituents is 1. The van der Waals surface area contributed by atoms with Crippen molar-refractivity contribution in [3.05, 3.63) is 67.7 Å². The molecule has 0 aromatic heterocycles. The fourth-order valence-electron chi connectivity index (χ4n) is 1.86. The standard InChI is InChI=1S/C15H12Cl2N2O4/c16-11-5-10(15(21)13(17)6-11)7-18-8-14(20)9-1-3-12(4-2-9)19(22)23/h1-7,14,20-21H,8H2/t14-/m1/s1. The summed E-state index contributed by atoms with van der Waals surface area (Å²) in [6.45, 7) is 0.0153. The molecule has 2 N–H and O–H groups in total. The van der Waals surface area contributed by atoms with Crippen LogP contribution in [0.3, 0.4) is 0 Å². The maximum Gasteiger partial charge on any atom is 0.269 e. The van der Waals surface area contributed by atoms with Crippen LogP contribution in [0, 0.1) is 10.1 Å². The summed E-state index contributed by atoms with van der Waals surface area (Å²) in [6.07, 6.45) is 0.422. The lowest BCUT2D eigenvalue weighted by Gasteiger charge is -2.08. The predicted molar refractivity (Wildman–Crippen MR) is 88.6 cm³/mol. The average molecular weight is 355 g/mol. The van der Waals surface area contributed by atoms with Crippen LogP contribution >= 0.6 is 23.2 Å². The molecule has 0 unspecified atom stereocenters. The summed E-state index contributed by atoms with van der Waals surface area (Å²) in [5.74, 6) is -0.148. The van der Waals surface area contributed by atoms with E-state index < -0.39 is 11.0 Å². The largest absolute Gasteiger partial charge is 0.506 e. The molecule has 0 aliphatic heterocycles. The number of aliphatic hydroxyl groups excluding tert-OH is 1. The highest BCUT2D eigenvalue weighted by atomic mass is 35.5. The van der Waals surface area contributed by atoms with Crippen molar-refractivity contribution in [3.63, 3.8) is 0 Å². The van der Waals surface area contributed by atoms with Gasteiger partial charge < -0.3 is 10.2 Å². The monoisotopic (exact) mass is 354 g/mol. The number of benzene rings is 2. The van der Waals surface area contributed by atoms with Gasteiger partial charge in [0.1, 0.15) is 5.75 Å². The van der Waals surface area contributed by atoms with Gasteiger partial charge in [-0.25, -0.2) is 0 Å². The van der Waals surface area contributed by atoms with Crippen molar-refractivity contribution in [2.45, 2.75) is 6.10 Å². The molecule has 2 rings (SSSR count). The minimum Gasteiger partial charge on any atom is -0.506 e. The molecule has 1 atom stereocenters. The smallest absolute Gasteiger partial charge is 0.269 e. The van der Waals surface area contributed by atoms with Crippen LogP contribution in [0.1, 0.15) is 17.2 Å². The Labute approximate surface area is 141 Å². The van der Waals surface area contributed by atoms with Crippen molar-refractivity contribution >= 4 is 35.1 Å². The van der Waals surface area contributed by atoms with E-state index >= 15 is 0 Å². The number of nitro benzene ring substituents is 1. The minimum absolute atomic E-state index is 0.0153. The molecule has 0 aliphatic rings. The number of nitro groups is 1. The SMILES string of the molecule is O=[N+]([O-])c1ccc([C@H](O)CN=Cc2cc(Cl)cc(Cl)c2O)cc1. The topological polar surface area (TPSA) is 96.0 Å². The molecule has 0 aliphatic carbocycles. The van der Waals surface area contributed by atoms with Crippen LogP contribution < -0.4 is 0 Å². The summed E-state index contributed by atoms with van der Waals surface area (Å²) in [5, 5.41) is 30.8. The summed E-state index contributed by atoms with van der Waals surface area (Å²) in [5.41, 5.74) is 0.780. The zero-order chi connectivity index (χ0) is 17.0. The number of nitrogens with zero attached hydrogens (tertiary/aromatic N) is 2. The first kappa shape index (κ1) is 17.2. The van der Waals surface area contributed by atoms with E-state index in [1.165, 1.54) is 42.6 Å². The van der Waals surface area contributed by atoms with Gasteiger partial charge in [-0.3, -0.25) is 15.1 Å². The molecule has 23 heavy (non-hydrogen) atoms. The molecule has 0 spiro atoms. The van der Waals surface area contributed by atoms with E-state index in [0.717, 1.165) is 0 Å². The molecule has 6 nitrogen and oxygen atoms in total. The quantitative estimate of drug-likeness (QED) is 0.485. The van der Waals surface area contributed by atoms with Gasteiger partial charge in [-0.15, -0.1) is 0 Å². The van der Waals surface area contributed by atoms with Crippen molar-refractivity contribution < 1.29 is 15.1 Å². The molecule has 0 fully saturated rings. The molecule has 2 aromatic carbocycles. The Balaban J connectivity index is 2.06. The highest BCUT2D eigenvalue weighted by Gasteiger charge is 2.10. The van der Waals surface area contributed by atoms with E-state index in [1.54, 1.807) is 0 Å². The number of hydrogen-bond acceptors (Lipinski definition) is 5. The molecule has 0 saturated carbocycles. The fourth-order valence-corrected chi connectivity index (χ4v) is 2.37. The molecule has 0 saturated heterocycles. The number of phenols is 1. The average Bonchev–Trinajstić information content (AvgIpc) is 2.51. The first-order valence-electron chi connectivity index (χ1n) is 6.48. The highest BCUT2D eigenvalue weighted by Crippen LogP contribution is 2.30. The second-order valence-electron chi connectivity index (χ2n) is 4.68. The number of halogens is 2. The lowest BCUT2D eigenvalue weighted by molar-refractivity contribution is -0.384. The van der Waals surface area contributed by atoms with Crippen molar-refractivity contribution in [2.75, 3.05) is 6.54 Å². The number of aromatic hydroxyl groups is 1. The van der Waals surface area contributed by atoms with Gasteiger partial charge in [-0.05, 0) is 29.8 Å². The number of rotatable bonds is 5. The number of non-ortho nitro benzene ring substituents is 1. The van der Waals surface area contributed by atoms with E-state index in [-0.39, 0.29) is 23.0 Å². The molecule has 0 bridgehead atoms. The van der Waals surface area contributed by atoms with Gasteiger partial charge in [0.15, 0.2) is 0 Å².